The summed E-state index contributed by atoms with van der Waals surface area (Å²) < 4.78 is 5.52. The molecule has 0 saturated carbocycles. The molecule has 162 valence electrons. The zero-order valence-corrected chi connectivity index (χ0v) is 18.2. The van der Waals surface area contributed by atoms with Crippen LogP contribution in [-0.4, -0.2) is 69.9 Å². The maximum Gasteiger partial charge on any atom is 0.280 e. The molecular weight excluding hydrogens is 382 g/mol. The number of amides is 1. The van der Waals surface area contributed by atoms with Crippen molar-refractivity contribution >= 4 is 23.0 Å². The van der Waals surface area contributed by atoms with Crippen LogP contribution in [0.2, 0.25) is 0 Å². The van der Waals surface area contributed by atoms with Gasteiger partial charge in [0.1, 0.15) is 5.75 Å². The summed E-state index contributed by atoms with van der Waals surface area (Å²) in [5.74, 6) is 0.659. The van der Waals surface area contributed by atoms with Crippen molar-refractivity contribution in [3.8, 4) is 5.75 Å². The minimum absolute atomic E-state index is 0.224. The molecule has 2 heterocycles. The van der Waals surface area contributed by atoms with E-state index in [-0.39, 0.29) is 5.91 Å². The fourth-order valence-electron chi connectivity index (χ4n) is 3.62. The number of nitrogens with one attached hydrogen (secondary N) is 1. The van der Waals surface area contributed by atoms with Gasteiger partial charge < -0.3 is 19.9 Å². The summed E-state index contributed by atoms with van der Waals surface area (Å²) in [5.41, 5.74) is 3.37. The number of nitrogens with zero attached hydrogens (tertiary/aromatic N) is 4. The van der Waals surface area contributed by atoms with E-state index in [1.807, 2.05) is 24.4 Å². The molecule has 1 aromatic carbocycles. The number of methoxy groups -OCH3 is 1. The first-order chi connectivity index (χ1) is 14.6. The second kappa shape index (κ2) is 10.2. The first-order valence-corrected chi connectivity index (χ1v) is 10.3. The van der Waals surface area contributed by atoms with Gasteiger partial charge in [-0.1, -0.05) is 19.1 Å². The second-order valence-electron chi connectivity index (χ2n) is 7.14. The molecule has 1 saturated heterocycles. The topological polar surface area (TPSA) is 70.2 Å². The standard InChI is InChI=1S/C22H31N5O3/c1-5-10-24-21-17(22(28)25(2)30-4)15-23-16-19(21)27-13-11-26(12-14-27)18-8-6-7-9-20(18)29-3/h6-9,15-16H,5,10-14H2,1-4H3,(H,23,24). The Morgan fingerprint density at radius 1 is 1.10 bits per heavy atom. The van der Waals surface area contributed by atoms with Crippen molar-refractivity contribution in [1.29, 1.82) is 0 Å². The number of hydrogen-bond donors (Lipinski definition) is 1. The molecule has 8 heteroatoms. The van der Waals surface area contributed by atoms with E-state index < -0.39 is 0 Å². The predicted octanol–water partition coefficient (Wildman–Crippen LogP) is 2.87. The Morgan fingerprint density at radius 2 is 1.77 bits per heavy atom. The third kappa shape index (κ3) is 4.59. The molecule has 8 nitrogen and oxygen atoms in total. The largest absolute Gasteiger partial charge is 0.495 e. The average Bonchev–Trinajstić information content (AvgIpc) is 2.81. The molecule has 1 aromatic heterocycles. The number of aromatic nitrogens is 1. The SMILES string of the molecule is CCCNc1c(C(=O)N(C)OC)cncc1N1CCN(c2ccccc2OC)CC1. The van der Waals surface area contributed by atoms with Crippen molar-refractivity contribution in [2.45, 2.75) is 13.3 Å². The highest BCUT2D eigenvalue weighted by molar-refractivity contribution is 6.01. The lowest BCUT2D eigenvalue weighted by molar-refractivity contribution is -0.0756. The Balaban J connectivity index is 1.83. The zero-order valence-electron chi connectivity index (χ0n) is 18.2. The highest BCUT2D eigenvalue weighted by Gasteiger charge is 2.25. The zero-order chi connectivity index (χ0) is 21.5. The number of carbonyl (C=O) groups is 1. The fraction of sp³-hybridized carbons (Fsp3) is 0.455. The molecule has 0 radical (unpaired) electrons. The lowest BCUT2D eigenvalue weighted by atomic mass is 10.1. The number of benzene rings is 1. The summed E-state index contributed by atoms with van der Waals surface area (Å²) in [4.78, 5) is 26.8. The third-order valence-corrected chi connectivity index (χ3v) is 5.31. The summed E-state index contributed by atoms with van der Waals surface area (Å²) in [6, 6.07) is 8.09. The van der Waals surface area contributed by atoms with Gasteiger partial charge in [-0.25, -0.2) is 5.06 Å². The van der Waals surface area contributed by atoms with Crippen LogP contribution >= 0.6 is 0 Å². The van der Waals surface area contributed by atoms with Gasteiger partial charge in [-0.3, -0.25) is 14.6 Å². The Labute approximate surface area is 178 Å². The Kier molecular flexibility index (Phi) is 7.35. The van der Waals surface area contributed by atoms with E-state index in [0.717, 1.165) is 62.0 Å². The van der Waals surface area contributed by atoms with Gasteiger partial charge >= 0.3 is 0 Å². The van der Waals surface area contributed by atoms with Gasteiger partial charge in [0, 0.05) is 46.0 Å². The van der Waals surface area contributed by atoms with Crippen LogP contribution in [0.15, 0.2) is 36.7 Å². The van der Waals surface area contributed by atoms with E-state index in [2.05, 4.69) is 33.1 Å². The Bertz CT molecular complexity index is 852. The van der Waals surface area contributed by atoms with Gasteiger partial charge in [-0.2, -0.15) is 0 Å². The summed E-state index contributed by atoms with van der Waals surface area (Å²) in [5, 5.41) is 4.65. The molecule has 0 atom stereocenters. The maximum absolute atomic E-state index is 12.8. The van der Waals surface area contributed by atoms with Crippen LogP contribution in [0.5, 0.6) is 5.75 Å². The highest BCUT2D eigenvalue weighted by Crippen LogP contribution is 2.33. The highest BCUT2D eigenvalue weighted by atomic mass is 16.7. The number of hydroxylamine groups is 2. The van der Waals surface area contributed by atoms with Gasteiger partial charge in [-0.05, 0) is 18.6 Å². The molecule has 1 amide bonds. The quantitative estimate of drug-likeness (QED) is 0.667. The molecule has 0 bridgehead atoms. The second-order valence-corrected chi connectivity index (χ2v) is 7.14. The normalized spacial score (nSPS) is 13.9. The van der Waals surface area contributed by atoms with Crippen molar-refractivity contribution in [2.24, 2.45) is 0 Å². The lowest BCUT2D eigenvalue weighted by Crippen LogP contribution is -2.47. The van der Waals surface area contributed by atoms with Gasteiger partial charge in [0.25, 0.3) is 5.91 Å². The Morgan fingerprint density at radius 3 is 2.40 bits per heavy atom. The number of anilines is 3. The predicted molar refractivity (Wildman–Crippen MR) is 120 cm³/mol. The van der Waals surface area contributed by atoms with Crippen molar-refractivity contribution in [2.75, 3.05) is 69.1 Å². The van der Waals surface area contributed by atoms with Crippen LogP contribution in [0.25, 0.3) is 0 Å². The van der Waals surface area contributed by atoms with Crippen LogP contribution in [0.1, 0.15) is 23.7 Å². The Hall–Kier alpha value is -3.00. The lowest BCUT2D eigenvalue weighted by Gasteiger charge is -2.38. The average molecular weight is 414 g/mol. The van der Waals surface area contributed by atoms with Crippen LogP contribution in [-0.2, 0) is 4.84 Å². The number of para-hydroxylation sites is 2. The first-order valence-electron chi connectivity index (χ1n) is 10.3. The van der Waals surface area contributed by atoms with E-state index in [9.17, 15) is 4.79 Å². The van der Waals surface area contributed by atoms with Gasteiger partial charge in [0.05, 0.1) is 43.0 Å². The summed E-state index contributed by atoms with van der Waals surface area (Å²) >= 11 is 0. The van der Waals surface area contributed by atoms with E-state index in [0.29, 0.717) is 5.56 Å². The number of rotatable bonds is 8. The van der Waals surface area contributed by atoms with Crippen LogP contribution in [0.4, 0.5) is 17.1 Å². The molecule has 0 aliphatic carbocycles. The molecule has 30 heavy (non-hydrogen) atoms. The van der Waals surface area contributed by atoms with E-state index in [1.54, 1.807) is 20.4 Å². The minimum atomic E-state index is -0.224. The number of ether oxygens (including phenoxy) is 1. The van der Waals surface area contributed by atoms with Crippen molar-refractivity contribution in [1.82, 2.24) is 10.0 Å². The molecule has 1 fully saturated rings. The van der Waals surface area contributed by atoms with Gasteiger partial charge in [0.15, 0.2) is 0 Å². The van der Waals surface area contributed by atoms with Crippen molar-refractivity contribution < 1.29 is 14.4 Å². The number of pyridine rings is 1. The molecule has 2 aromatic rings. The first kappa shape index (κ1) is 21.7. The molecular formula is C22H31N5O3. The maximum atomic E-state index is 12.8. The number of carbonyl (C=O) groups excluding carboxylic acids is 1. The molecule has 1 N–H and O–H groups in total. The van der Waals surface area contributed by atoms with Gasteiger partial charge in [0.2, 0.25) is 0 Å². The van der Waals surface area contributed by atoms with Gasteiger partial charge in [-0.15, -0.1) is 0 Å². The summed E-state index contributed by atoms with van der Waals surface area (Å²) in [6.45, 7) is 6.21. The number of piperazine rings is 1. The van der Waals surface area contributed by atoms with Crippen LogP contribution < -0.4 is 19.9 Å². The van der Waals surface area contributed by atoms with E-state index in [1.165, 1.54) is 12.2 Å². The summed E-state index contributed by atoms with van der Waals surface area (Å²) in [6.07, 6.45) is 4.39. The molecule has 1 aliphatic heterocycles. The van der Waals surface area contributed by atoms with E-state index >= 15 is 0 Å². The van der Waals surface area contributed by atoms with Crippen LogP contribution in [0.3, 0.4) is 0 Å². The smallest absolute Gasteiger partial charge is 0.280 e. The molecule has 1 aliphatic rings. The minimum Gasteiger partial charge on any atom is -0.495 e. The molecule has 3 rings (SSSR count). The monoisotopic (exact) mass is 413 g/mol. The summed E-state index contributed by atoms with van der Waals surface area (Å²) in [7, 11) is 4.78. The van der Waals surface area contributed by atoms with Crippen molar-refractivity contribution in [3.05, 3.63) is 42.2 Å². The molecule has 0 unspecified atom stereocenters. The van der Waals surface area contributed by atoms with Crippen LogP contribution in [0, 0.1) is 0 Å². The van der Waals surface area contributed by atoms with E-state index in [4.69, 9.17) is 9.57 Å². The fourth-order valence-corrected chi connectivity index (χ4v) is 3.62. The third-order valence-electron chi connectivity index (χ3n) is 5.31. The number of hydrogen-bond acceptors (Lipinski definition) is 7. The van der Waals surface area contributed by atoms with Crippen molar-refractivity contribution in [3.63, 3.8) is 0 Å². The molecule has 0 spiro atoms.